The summed E-state index contributed by atoms with van der Waals surface area (Å²) in [4.78, 5) is 24.3. The fourth-order valence-corrected chi connectivity index (χ4v) is 3.30. The Labute approximate surface area is 160 Å². The van der Waals surface area contributed by atoms with E-state index in [-0.39, 0.29) is 18.0 Å². The van der Waals surface area contributed by atoms with E-state index in [1.54, 1.807) is 6.07 Å². The number of benzene rings is 1. The molecule has 0 atom stereocenters. The quantitative estimate of drug-likeness (QED) is 0.797. The van der Waals surface area contributed by atoms with Gasteiger partial charge in [0, 0.05) is 18.2 Å². The van der Waals surface area contributed by atoms with Crippen LogP contribution >= 0.6 is 0 Å². The van der Waals surface area contributed by atoms with E-state index in [9.17, 15) is 9.59 Å². The summed E-state index contributed by atoms with van der Waals surface area (Å²) in [6.45, 7) is 4.65. The van der Waals surface area contributed by atoms with Gasteiger partial charge >= 0.3 is 0 Å². The van der Waals surface area contributed by atoms with Gasteiger partial charge in [-0.2, -0.15) is 5.10 Å². The van der Waals surface area contributed by atoms with Crippen molar-refractivity contribution in [3.05, 3.63) is 63.5 Å². The van der Waals surface area contributed by atoms with Crippen LogP contribution in [0.2, 0.25) is 0 Å². The van der Waals surface area contributed by atoms with E-state index < -0.39 is 0 Å². The molecule has 142 valence electrons. The Balaban J connectivity index is 1.63. The fourth-order valence-electron chi connectivity index (χ4n) is 3.30. The highest BCUT2D eigenvalue weighted by Gasteiger charge is 2.09. The molecule has 5 heteroatoms. The maximum atomic E-state index is 12.2. The molecule has 1 aliphatic carbocycles. The minimum atomic E-state index is -0.271. The van der Waals surface area contributed by atoms with Crippen molar-refractivity contribution in [1.82, 2.24) is 15.1 Å². The molecule has 1 heterocycles. The average molecular weight is 365 g/mol. The minimum Gasteiger partial charge on any atom is -0.354 e. The molecule has 0 saturated carbocycles. The highest BCUT2D eigenvalue weighted by molar-refractivity contribution is 5.75. The summed E-state index contributed by atoms with van der Waals surface area (Å²) in [6.07, 6.45) is 7.96. The number of carbonyl (C=O) groups excluding carboxylic acids is 1. The van der Waals surface area contributed by atoms with Crippen molar-refractivity contribution in [2.24, 2.45) is 0 Å². The lowest BCUT2D eigenvalue weighted by molar-refractivity contribution is -0.121. The van der Waals surface area contributed by atoms with Gasteiger partial charge in [-0.15, -0.1) is 0 Å². The zero-order valence-electron chi connectivity index (χ0n) is 16.1. The first kappa shape index (κ1) is 19.1. The maximum Gasteiger partial charge on any atom is 0.267 e. The Kier molecular flexibility index (Phi) is 6.22. The van der Waals surface area contributed by atoms with Crippen molar-refractivity contribution < 1.29 is 4.79 Å². The molecule has 27 heavy (non-hydrogen) atoms. The first-order valence-electron chi connectivity index (χ1n) is 9.63. The van der Waals surface area contributed by atoms with Crippen molar-refractivity contribution in [3.63, 3.8) is 0 Å². The van der Waals surface area contributed by atoms with Gasteiger partial charge in [0.05, 0.1) is 5.69 Å². The van der Waals surface area contributed by atoms with Crippen molar-refractivity contribution in [1.29, 1.82) is 0 Å². The molecule has 5 nitrogen and oxygen atoms in total. The zero-order valence-corrected chi connectivity index (χ0v) is 16.1. The van der Waals surface area contributed by atoms with Gasteiger partial charge in [-0.05, 0) is 69.2 Å². The van der Waals surface area contributed by atoms with E-state index in [0.717, 1.165) is 24.8 Å². The first-order valence-corrected chi connectivity index (χ1v) is 9.63. The van der Waals surface area contributed by atoms with Crippen LogP contribution in [0.1, 0.15) is 43.2 Å². The number of hydrogen-bond acceptors (Lipinski definition) is 3. The van der Waals surface area contributed by atoms with Gasteiger partial charge < -0.3 is 5.32 Å². The van der Waals surface area contributed by atoms with Crippen LogP contribution in [0.3, 0.4) is 0 Å². The van der Waals surface area contributed by atoms with Crippen LogP contribution in [-0.4, -0.2) is 22.2 Å². The molecular formula is C22H27N3O2. The van der Waals surface area contributed by atoms with Crippen molar-refractivity contribution >= 4 is 5.91 Å². The van der Waals surface area contributed by atoms with Crippen LogP contribution < -0.4 is 10.9 Å². The summed E-state index contributed by atoms with van der Waals surface area (Å²) in [5.74, 6) is -0.182. The molecule has 0 unspecified atom stereocenters. The lowest BCUT2D eigenvalue weighted by Crippen LogP contribution is -2.34. The third-order valence-electron chi connectivity index (χ3n) is 5.12. The van der Waals surface area contributed by atoms with Crippen molar-refractivity contribution in [2.45, 2.75) is 52.5 Å². The van der Waals surface area contributed by atoms with Gasteiger partial charge in [-0.3, -0.25) is 9.59 Å². The minimum absolute atomic E-state index is 0.0590. The Morgan fingerprint density at radius 2 is 2.00 bits per heavy atom. The molecule has 0 saturated heterocycles. The summed E-state index contributed by atoms with van der Waals surface area (Å²) < 4.78 is 1.24. The second kappa shape index (κ2) is 8.80. The van der Waals surface area contributed by atoms with E-state index in [4.69, 9.17) is 0 Å². The third kappa shape index (κ3) is 5.16. The molecule has 0 bridgehead atoms. The predicted molar refractivity (Wildman–Crippen MR) is 108 cm³/mol. The molecule has 1 aromatic carbocycles. The standard InChI is InChI=1S/C22H27N3O2/c1-16-8-9-19(14-17(16)2)20-10-11-22(27)25(24-20)15-21(26)23-13-12-18-6-4-3-5-7-18/h6,8-11,14H,3-5,7,12-13,15H2,1-2H3,(H,23,26). The molecule has 1 aromatic heterocycles. The van der Waals surface area contributed by atoms with E-state index in [0.29, 0.717) is 12.2 Å². The topological polar surface area (TPSA) is 64.0 Å². The third-order valence-corrected chi connectivity index (χ3v) is 5.12. The van der Waals surface area contributed by atoms with Crippen LogP contribution in [0.4, 0.5) is 0 Å². The summed E-state index contributed by atoms with van der Waals surface area (Å²) >= 11 is 0. The van der Waals surface area contributed by atoms with E-state index >= 15 is 0 Å². The number of aromatic nitrogens is 2. The number of amides is 1. The van der Waals surface area contributed by atoms with Crippen LogP contribution in [0.5, 0.6) is 0 Å². The molecule has 1 amide bonds. The Morgan fingerprint density at radius 1 is 1.15 bits per heavy atom. The van der Waals surface area contributed by atoms with E-state index in [2.05, 4.69) is 23.4 Å². The zero-order chi connectivity index (χ0) is 19.2. The molecule has 0 aliphatic heterocycles. The van der Waals surface area contributed by atoms with Gasteiger partial charge in [0.25, 0.3) is 5.56 Å². The molecule has 3 rings (SSSR count). The number of allylic oxidation sites excluding steroid dienone is 1. The highest BCUT2D eigenvalue weighted by Crippen LogP contribution is 2.20. The normalized spacial score (nSPS) is 13.9. The highest BCUT2D eigenvalue weighted by atomic mass is 16.2. The van der Waals surface area contributed by atoms with Gasteiger partial charge in [-0.1, -0.05) is 23.8 Å². The summed E-state index contributed by atoms with van der Waals surface area (Å²) in [5, 5.41) is 7.29. The lowest BCUT2D eigenvalue weighted by atomic mass is 9.97. The number of hydrogen-bond donors (Lipinski definition) is 1. The van der Waals surface area contributed by atoms with Crippen LogP contribution in [0.25, 0.3) is 11.3 Å². The van der Waals surface area contributed by atoms with E-state index in [1.165, 1.54) is 40.3 Å². The lowest BCUT2D eigenvalue weighted by Gasteiger charge is -2.13. The molecule has 0 fully saturated rings. The average Bonchev–Trinajstić information content (AvgIpc) is 2.67. The number of rotatable bonds is 6. The summed E-state index contributed by atoms with van der Waals surface area (Å²) in [7, 11) is 0. The molecule has 1 aliphatic rings. The van der Waals surface area contributed by atoms with Gasteiger partial charge in [0.15, 0.2) is 0 Å². The number of nitrogens with zero attached hydrogens (tertiary/aromatic N) is 2. The van der Waals surface area contributed by atoms with Gasteiger partial charge in [-0.25, -0.2) is 4.68 Å². The van der Waals surface area contributed by atoms with Crippen molar-refractivity contribution in [3.8, 4) is 11.3 Å². The summed E-state index contributed by atoms with van der Waals surface area (Å²) in [6, 6.07) is 9.24. The number of nitrogens with one attached hydrogen (secondary N) is 1. The predicted octanol–water partition coefficient (Wildman–Crippen LogP) is 3.53. The second-order valence-electron chi connectivity index (χ2n) is 7.22. The SMILES string of the molecule is Cc1ccc(-c2ccc(=O)n(CC(=O)NCCC3=CCCCC3)n2)cc1C. The maximum absolute atomic E-state index is 12.2. The Bertz CT molecular complexity index is 912. The Morgan fingerprint density at radius 3 is 2.74 bits per heavy atom. The molecule has 2 aromatic rings. The number of aryl methyl sites for hydroxylation is 2. The van der Waals surface area contributed by atoms with Gasteiger partial charge in [0.1, 0.15) is 6.54 Å². The smallest absolute Gasteiger partial charge is 0.267 e. The molecule has 0 spiro atoms. The second-order valence-corrected chi connectivity index (χ2v) is 7.22. The van der Waals surface area contributed by atoms with Gasteiger partial charge in [0.2, 0.25) is 5.91 Å². The monoisotopic (exact) mass is 365 g/mol. The van der Waals surface area contributed by atoms with E-state index in [1.807, 2.05) is 25.1 Å². The first-order chi connectivity index (χ1) is 13.0. The summed E-state index contributed by atoms with van der Waals surface area (Å²) in [5.41, 5.74) is 5.16. The van der Waals surface area contributed by atoms with Crippen LogP contribution in [-0.2, 0) is 11.3 Å². The number of carbonyl (C=O) groups is 1. The van der Waals surface area contributed by atoms with Crippen LogP contribution in [0.15, 0.2) is 46.8 Å². The van der Waals surface area contributed by atoms with Crippen LogP contribution in [0, 0.1) is 13.8 Å². The molecule has 0 radical (unpaired) electrons. The largest absolute Gasteiger partial charge is 0.354 e. The Hall–Kier alpha value is -2.69. The molecular weight excluding hydrogens is 338 g/mol. The van der Waals surface area contributed by atoms with Crippen molar-refractivity contribution in [2.75, 3.05) is 6.54 Å². The fraction of sp³-hybridized carbons (Fsp3) is 0.409. The molecule has 1 N–H and O–H groups in total.